The number of fused-ring (bicyclic) bond motifs is 17. The summed E-state index contributed by atoms with van der Waals surface area (Å²) >= 11 is 0. The number of H-pyrrole nitrogens is 2. The first-order valence-electron chi connectivity index (χ1n) is 21.6. The van der Waals surface area contributed by atoms with Gasteiger partial charge in [0.1, 0.15) is 0 Å². The van der Waals surface area contributed by atoms with Crippen molar-refractivity contribution in [2.45, 2.75) is 0 Å². The van der Waals surface area contributed by atoms with E-state index in [4.69, 9.17) is 0 Å². The third-order valence-corrected chi connectivity index (χ3v) is 13.4. The molecule has 0 saturated heterocycles. The number of carbonyl (C=O) groups is 2. The fourth-order valence-electron chi connectivity index (χ4n) is 10.4. The monoisotopic (exact) mass is 884 g/mol. The highest BCUT2D eigenvalue weighted by molar-refractivity contribution is 6.39. The maximum Gasteiger partial charge on any atom is 0.255 e. The van der Waals surface area contributed by atoms with Gasteiger partial charge in [-0.2, -0.15) is 0 Å². The summed E-state index contributed by atoms with van der Waals surface area (Å²) in [5.41, 5.74) is -0.905. The molecule has 13 aromatic rings. The van der Waals surface area contributed by atoms with Crippen LogP contribution in [0.4, 0.5) is 11.4 Å². The summed E-state index contributed by atoms with van der Waals surface area (Å²) in [5, 5.41) is 8.27. The minimum absolute atomic E-state index is 0.0361. The van der Waals surface area contributed by atoms with Gasteiger partial charge in [0.2, 0.25) is 0 Å². The lowest BCUT2D eigenvalue weighted by Gasteiger charge is -2.10. The molecule has 68 heavy (non-hydrogen) atoms. The quantitative estimate of drug-likeness (QED) is 0.126. The summed E-state index contributed by atoms with van der Waals surface area (Å²) in [6.07, 6.45) is 0. The molecule has 2 heterocycles. The zero-order valence-corrected chi connectivity index (χ0v) is 35.1. The Hall–Kier alpha value is -9.68. The topological polar surface area (TPSA) is 192 Å². The van der Waals surface area contributed by atoms with Crippen molar-refractivity contribution in [2.24, 2.45) is 0 Å². The van der Waals surface area contributed by atoms with Crippen LogP contribution < -0.4 is 43.2 Å². The van der Waals surface area contributed by atoms with E-state index < -0.39 is 44.4 Å². The van der Waals surface area contributed by atoms with Crippen LogP contribution in [0.2, 0.25) is 0 Å². The van der Waals surface area contributed by atoms with Crippen LogP contribution in [-0.4, -0.2) is 21.8 Å². The van der Waals surface area contributed by atoms with Gasteiger partial charge in [0.05, 0.1) is 65.8 Å². The van der Waals surface area contributed by atoms with E-state index in [1.807, 2.05) is 0 Å². The van der Waals surface area contributed by atoms with Gasteiger partial charge in [0.15, 0.2) is 32.6 Å². The number of aromatic nitrogens is 2. The molecule has 0 atom stereocenters. The fourth-order valence-corrected chi connectivity index (χ4v) is 10.4. The van der Waals surface area contributed by atoms with E-state index in [0.29, 0.717) is 32.7 Å². The largest absolute Gasteiger partial charge is 0.353 e. The molecule has 4 N–H and O–H groups in total. The Morgan fingerprint density at radius 1 is 0.279 bits per heavy atom. The molecule has 0 aliphatic heterocycles. The summed E-state index contributed by atoms with van der Waals surface area (Å²) in [7, 11) is 0. The number of aromatic amines is 2. The van der Waals surface area contributed by atoms with E-state index in [-0.39, 0.29) is 98.1 Å². The smallest absolute Gasteiger partial charge is 0.255 e. The highest BCUT2D eigenvalue weighted by atomic mass is 16.2. The second-order valence-electron chi connectivity index (χ2n) is 16.9. The second-order valence-corrected chi connectivity index (χ2v) is 16.9. The zero-order valence-electron chi connectivity index (χ0n) is 35.1. The van der Waals surface area contributed by atoms with Crippen molar-refractivity contribution in [3.05, 3.63) is 218 Å². The van der Waals surface area contributed by atoms with Crippen LogP contribution in [0.1, 0.15) is 20.7 Å². The summed E-state index contributed by atoms with van der Waals surface area (Å²) < 4.78 is 0. The highest BCUT2D eigenvalue weighted by Crippen LogP contribution is 2.43. The lowest BCUT2D eigenvalue weighted by Crippen LogP contribution is -2.18. The summed E-state index contributed by atoms with van der Waals surface area (Å²) in [6, 6.07) is 39.2. The average molecular weight is 885 g/mol. The number of anilines is 2. The van der Waals surface area contributed by atoms with Crippen LogP contribution in [-0.2, 0) is 0 Å². The number of amides is 2. The summed E-state index contributed by atoms with van der Waals surface area (Å²) in [5.74, 6) is -0.920. The normalized spacial score (nSPS) is 12.0. The average Bonchev–Trinajstić information content (AvgIpc) is 3.95. The summed E-state index contributed by atoms with van der Waals surface area (Å²) in [4.78, 5) is 122. The Morgan fingerprint density at radius 3 is 1.01 bits per heavy atom. The van der Waals surface area contributed by atoms with Crippen LogP contribution in [0.3, 0.4) is 0 Å². The van der Waals surface area contributed by atoms with Crippen LogP contribution in [0, 0.1) is 0 Å². The van der Waals surface area contributed by atoms with E-state index in [9.17, 15) is 38.4 Å². The molecule has 0 aliphatic carbocycles. The predicted octanol–water partition coefficient (Wildman–Crippen LogP) is 8.85. The second kappa shape index (κ2) is 13.9. The van der Waals surface area contributed by atoms with Crippen LogP contribution >= 0.6 is 0 Å². The lowest BCUT2D eigenvalue weighted by atomic mass is 9.94. The first-order chi connectivity index (χ1) is 33.1. The van der Waals surface area contributed by atoms with Crippen LogP contribution in [0.5, 0.6) is 0 Å². The first kappa shape index (κ1) is 38.8. The predicted molar refractivity (Wildman–Crippen MR) is 270 cm³/mol. The van der Waals surface area contributed by atoms with E-state index in [2.05, 4.69) is 20.6 Å². The maximum absolute atomic E-state index is 14.8. The molecule has 320 valence electrons. The van der Waals surface area contributed by atoms with Gasteiger partial charge in [-0.1, -0.05) is 97.1 Å². The Labute approximate surface area is 378 Å². The minimum Gasteiger partial charge on any atom is -0.353 e. The number of benzene rings is 11. The molecule has 12 nitrogen and oxygen atoms in total. The Kier molecular flexibility index (Phi) is 7.93. The van der Waals surface area contributed by atoms with Gasteiger partial charge in [-0.25, -0.2) is 0 Å². The number of hydrogen-bond acceptors (Lipinski definition) is 8. The molecule has 11 aromatic carbocycles. The van der Waals surface area contributed by atoms with Gasteiger partial charge in [-0.3, -0.25) is 38.4 Å². The number of rotatable bonds is 4. The van der Waals surface area contributed by atoms with Crippen LogP contribution in [0.15, 0.2) is 174 Å². The number of nitrogens with one attached hydrogen (secondary N) is 4. The lowest BCUT2D eigenvalue weighted by molar-refractivity contribution is 0.101. The first-order valence-corrected chi connectivity index (χ1v) is 21.6. The van der Waals surface area contributed by atoms with Crippen molar-refractivity contribution in [3.63, 3.8) is 0 Å². The molecule has 0 fully saturated rings. The molecule has 0 bridgehead atoms. The molecule has 0 radical (unpaired) electrons. The van der Waals surface area contributed by atoms with E-state index in [0.717, 1.165) is 0 Å². The van der Waals surface area contributed by atoms with Gasteiger partial charge >= 0.3 is 0 Å². The van der Waals surface area contributed by atoms with Gasteiger partial charge in [0.25, 0.3) is 11.8 Å². The number of carbonyl (C=O) groups excluding carboxylic acids is 2. The fraction of sp³-hybridized carbons (Fsp3) is 0. The molecular weight excluding hydrogens is 857 g/mol. The molecule has 13 rings (SSSR count). The van der Waals surface area contributed by atoms with Gasteiger partial charge < -0.3 is 20.6 Å². The maximum atomic E-state index is 14.8. The third-order valence-electron chi connectivity index (χ3n) is 13.4. The van der Waals surface area contributed by atoms with Crippen molar-refractivity contribution in [2.75, 3.05) is 10.6 Å². The zero-order chi connectivity index (χ0) is 46.3. The molecule has 2 amide bonds. The molecular formula is C56H28N4O8. The van der Waals surface area contributed by atoms with Crippen molar-refractivity contribution in [3.8, 4) is 0 Å². The van der Waals surface area contributed by atoms with Crippen molar-refractivity contribution < 1.29 is 9.59 Å². The molecule has 0 spiro atoms. The van der Waals surface area contributed by atoms with E-state index in [1.165, 1.54) is 12.1 Å². The Morgan fingerprint density at radius 2 is 0.603 bits per heavy atom. The van der Waals surface area contributed by atoms with Gasteiger partial charge in [0, 0.05) is 65.0 Å². The minimum atomic E-state index is -0.504. The third kappa shape index (κ3) is 5.13. The van der Waals surface area contributed by atoms with Crippen molar-refractivity contribution in [1.29, 1.82) is 0 Å². The van der Waals surface area contributed by atoms with Gasteiger partial charge in [-0.05, 0) is 48.5 Å². The standard InChI is InChI=1S/C56H28N4O8/c61-49-27-15-7-8-16-28(27)50(62)44-43(49)47-39(29-21-23-33-41(45(29)59-47)53(65)31-17-9-19-35(37(31)51(33)63)57-55(67)25-11-3-1-4-12-25)40-30-22-24-34-42(46(30)60-48(40)44)54(66)32-18-10-20-36(38(32)52(34)64)58-56(68)26-13-5-2-6-14-26/h1-24,59-60H,(H,57,67)(H,58,68). The number of hydrogen-bond donors (Lipinski definition) is 4. The molecule has 0 unspecified atom stereocenters. The Bertz CT molecular complexity index is 4540. The van der Waals surface area contributed by atoms with Crippen molar-refractivity contribution >= 4 is 131 Å². The SMILES string of the molecule is O=C(Nc1cccc2c(=O)c3c(ccc4c3[nH]c3c5c(=O)c6ccccc6c(=O)c5c5[nH]c6c(ccc7c(=O)c8c(NC(=O)c9ccccc9)cccc8c(=O)c76)c5c43)c(=O)c12)c1ccccc1. The van der Waals surface area contributed by atoms with E-state index in [1.54, 1.807) is 133 Å². The molecule has 12 heteroatoms. The highest BCUT2D eigenvalue weighted by Gasteiger charge is 2.27. The summed E-state index contributed by atoms with van der Waals surface area (Å²) in [6.45, 7) is 0. The Balaban J connectivity index is 1.14. The van der Waals surface area contributed by atoms with E-state index >= 15 is 0 Å². The van der Waals surface area contributed by atoms with Crippen LogP contribution in [0.25, 0.3) is 108 Å². The molecule has 0 saturated carbocycles. The molecule has 0 aliphatic rings. The van der Waals surface area contributed by atoms with Gasteiger partial charge in [-0.15, -0.1) is 0 Å². The molecule has 2 aromatic heterocycles. The van der Waals surface area contributed by atoms with Crippen molar-refractivity contribution in [1.82, 2.24) is 9.97 Å².